The Morgan fingerprint density at radius 1 is 0.460 bits per heavy atom. The molecule has 8 heteroatoms. The highest BCUT2D eigenvalue weighted by atomic mass is 79.9. The van der Waals surface area contributed by atoms with E-state index in [2.05, 4.69) is 45.7 Å². The van der Waals surface area contributed by atoms with Crippen molar-refractivity contribution in [3.63, 3.8) is 0 Å². The molecule has 50 heavy (non-hydrogen) atoms. The third kappa shape index (κ3) is 17.9. The molecule has 2 rings (SSSR count). The Morgan fingerprint density at radius 2 is 0.720 bits per heavy atom. The zero-order valence-corrected chi connectivity index (χ0v) is 34.4. The molecular weight excluding hydrogens is 756 g/mol. The second kappa shape index (κ2) is 27.6. The lowest BCUT2D eigenvalue weighted by Crippen LogP contribution is -2.13. The van der Waals surface area contributed by atoms with Gasteiger partial charge >= 0.3 is 11.9 Å². The molecule has 0 saturated carbocycles. The summed E-state index contributed by atoms with van der Waals surface area (Å²) in [5, 5.41) is 0. The summed E-state index contributed by atoms with van der Waals surface area (Å²) in [6.07, 6.45) is 29.7. The minimum absolute atomic E-state index is 0.288. The summed E-state index contributed by atoms with van der Waals surface area (Å²) in [7, 11) is 0. The Balaban J connectivity index is 1.88. The fourth-order valence-electron chi connectivity index (χ4n) is 6.46. The molecule has 0 aliphatic rings. The highest BCUT2D eigenvalue weighted by Gasteiger charge is 2.26. The standard InChI is InChI=1S/C42H66Br2N2O4/c1-3-5-7-9-11-13-15-17-19-21-23-25-27-49-41(47)35-29-33(45)31-37(43)39(35)40-36(30-34(46)32-38(40)44)42(48)50-28-26-24-22-20-18-16-14-12-10-8-6-4-2/h29-32H,3-28,45-46H2,1-2H3. The lowest BCUT2D eigenvalue weighted by atomic mass is 9.94. The van der Waals surface area contributed by atoms with E-state index >= 15 is 0 Å². The summed E-state index contributed by atoms with van der Waals surface area (Å²) in [5.41, 5.74) is 14.8. The van der Waals surface area contributed by atoms with Crippen molar-refractivity contribution < 1.29 is 19.1 Å². The number of ether oxygens (including phenoxy) is 2. The summed E-state index contributed by atoms with van der Waals surface area (Å²) < 4.78 is 12.6. The van der Waals surface area contributed by atoms with Gasteiger partial charge in [0.1, 0.15) is 0 Å². The van der Waals surface area contributed by atoms with Crippen molar-refractivity contribution in [2.75, 3.05) is 24.7 Å². The minimum atomic E-state index is -0.476. The van der Waals surface area contributed by atoms with E-state index in [-0.39, 0.29) is 11.1 Å². The number of anilines is 2. The lowest BCUT2D eigenvalue weighted by Gasteiger charge is -2.18. The fraction of sp³-hybridized carbons (Fsp3) is 0.667. The monoisotopic (exact) mass is 820 g/mol. The maximum Gasteiger partial charge on any atom is 0.338 e. The molecule has 2 aromatic rings. The molecule has 0 aromatic heterocycles. The number of rotatable bonds is 29. The second-order valence-corrected chi connectivity index (χ2v) is 15.6. The molecule has 0 saturated heterocycles. The normalized spacial score (nSPS) is 11.2. The van der Waals surface area contributed by atoms with E-state index in [1.54, 1.807) is 24.3 Å². The molecule has 4 N–H and O–H groups in total. The van der Waals surface area contributed by atoms with Crippen LogP contribution in [0.25, 0.3) is 11.1 Å². The number of carbonyl (C=O) groups is 2. The average molecular weight is 823 g/mol. The summed E-state index contributed by atoms with van der Waals surface area (Å²) >= 11 is 7.22. The van der Waals surface area contributed by atoms with Crippen molar-refractivity contribution in [3.05, 3.63) is 44.3 Å². The summed E-state index contributed by atoms with van der Waals surface area (Å²) in [6.45, 7) is 5.18. The van der Waals surface area contributed by atoms with E-state index in [9.17, 15) is 9.59 Å². The van der Waals surface area contributed by atoms with Gasteiger partial charge in [-0.15, -0.1) is 0 Å². The van der Waals surface area contributed by atoms with Crippen LogP contribution in [-0.2, 0) is 9.47 Å². The van der Waals surface area contributed by atoms with Crippen LogP contribution >= 0.6 is 31.9 Å². The maximum atomic E-state index is 13.5. The smallest absolute Gasteiger partial charge is 0.338 e. The number of hydrogen-bond acceptors (Lipinski definition) is 6. The molecule has 2 aromatic carbocycles. The zero-order valence-electron chi connectivity index (χ0n) is 31.2. The van der Waals surface area contributed by atoms with Gasteiger partial charge in [-0.25, -0.2) is 9.59 Å². The largest absolute Gasteiger partial charge is 0.462 e. The summed E-state index contributed by atoms with van der Waals surface area (Å²) in [5.74, 6) is -0.953. The Labute approximate surface area is 320 Å². The molecule has 0 unspecified atom stereocenters. The van der Waals surface area contributed by atoms with Gasteiger partial charge in [-0.1, -0.05) is 187 Å². The first-order valence-electron chi connectivity index (χ1n) is 19.8. The van der Waals surface area contributed by atoms with Gasteiger partial charge in [0.25, 0.3) is 0 Å². The Hall–Kier alpha value is -2.06. The van der Waals surface area contributed by atoms with Gasteiger partial charge in [-0.3, -0.25) is 0 Å². The molecule has 0 atom stereocenters. The van der Waals surface area contributed by atoms with Gasteiger partial charge in [0.2, 0.25) is 0 Å². The van der Waals surface area contributed by atoms with Crippen molar-refractivity contribution in [1.82, 2.24) is 0 Å². The van der Waals surface area contributed by atoms with E-state index < -0.39 is 11.9 Å². The second-order valence-electron chi connectivity index (χ2n) is 13.9. The molecule has 0 aliphatic carbocycles. The number of nitrogens with two attached hydrogens (primary N) is 2. The van der Waals surface area contributed by atoms with Crippen molar-refractivity contribution in [2.24, 2.45) is 0 Å². The molecule has 0 heterocycles. The predicted octanol–water partition coefficient (Wildman–Crippen LogP) is 13.8. The Kier molecular flexibility index (Phi) is 24.3. The van der Waals surface area contributed by atoms with E-state index in [4.69, 9.17) is 20.9 Å². The molecule has 0 radical (unpaired) electrons. The number of esters is 2. The molecule has 0 fully saturated rings. The van der Waals surface area contributed by atoms with E-state index in [0.717, 1.165) is 38.5 Å². The molecular formula is C42H66Br2N2O4. The van der Waals surface area contributed by atoms with Crippen molar-refractivity contribution >= 4 is 55.2 Å². The summed E-state index contributed by atoms with van der Waals surface area (Å²) in [4.78, 5) is 26.9. The SMILES string of the molecule is CCCCCCCCCCCCCCOC(=O)c1cc(N)cc(Br)c1-c1c(Br)cc(N)cc1C(=O)OCCCCCCCCCCCCCC. The van der Waals surface area contributed by atoms with Crippen molar-refractivity contribution in [1.29, 1.82) is 0 Å². The van der Waals surface area contributed by atoms with Gasteiger partial charge in [-0.2, -0.15) is 0 Å². The number of nitrogen functional groups attached to an aromatic ring is 2. The van der Waals surface area contributed by atoms with Gasteiger partial charge < -0.3 is 20.9 Å². The van der Waals surface area contributed by atoms with E-state index in [1.165, 1.54) is 116 Å². The molecule has 0 amide bonds. The number of carbonyl (C=O) groups excluding carboxylic acids is 2. The summed E-state index contributed by atoms with van der Waals surface area (Å²) in [6, 6.07) is 6.66. The van der Waals surface area contributed by atoms with Gasteiger partial charge in [-0.05, 0) is 37.1 Å². The first-order valence-corrected chi connectivity index (χ1v) is 21.4. The third-order valence-corrected chi connectivity index (χ3v) is 10.6. The average Bonchev–Trinajstić information content (AvgIpc) is 3.08. The maximum absolute atomic E-state index is 13.5. The fourth-order valence-corrected chi connectivity index (χ4v) is 7.81. The van der Waals surface area contributed by atoms with Crippen LogP contribution in [0.1, 0.15) is 189 Å². The topological polar surface area (TPSA) is 105 Å². The highest BCUT2D eigenvalue weighted by Crippen LogP contribution is 2.42. The van der Waals surface area contributed by atoms with Crippen LogP contribution in [0.4, 0.5) is 11.4 Å². The quantitative estimate of drug-likeness (QED) is 0.0481. The highest BCUT2D eigenvalue weighted by molar-refractivity contribution is 9.11. The van der Waals surface area contributed by atoms with Crippen LogP contribution in [0.2, 0.25) is 0 Å². The molecule has 0 bridgehead atoms. The number of hydrogen-bond donors (Lipinski definition) is 2. The Morgan fingerprint density at radius 3 is 1.00 bits per heavy atom. The van der Waals surface area contributed by atoms with Gasteiger partial charge in [0, 0.05) is 31.4 Å². The van der Waals surface area contributed by atoms with Crippen LogP contribution in [0.5, 0.6) is 0 Å². The number of benzene rings is 2. The van der Waals surface area contributed by atoms with Gasteiger partial charge in [0.15, 0.2) is 0 Å². The van der Waals surface area contributed by atoms with Crippen LogP contribution < -0.4 is 11.5 Å². The van der Waals surface area contributed by atoms with E-state index in [1.807, 2.05) is 0 Å². The number of unbranched alkanes of at least 4 members (excludes halogenated alkanes) is 22. The van der Waals surface area contributed by atoms with Crippen LogP contribution in [0.15, 0.2) is 33.2 Å². The lowest BCUT2D eigenvalue weighted by molar-refractivity contribution is 0.0486. The zero-order chi connectivity index (χ0) is 36.4. The number of halogens is 2. The van der Waals surface area contributed by atoms with Crippen LogP contribution in [0.3, 0.4) is 0 Å². The van der Waals surface area contributed by atoms with Crippen LogP contribution in [-0.4, -0.2) is 25.2 Å². The van der Waals surface area contributed by atoms with Crippen LogP contribution in [0, 0.1) is 0 Å². The molecule has 282 valence electrons. The van der Waals surface area contributed by atoms with Gasteiger partial charge in [0.05, 0.1) is 24.3 Å². The Bertz CT molecular complexity index is 1160. The molecule has 6 nitrogen and oxygen atoms in total. The van der Waals surface area contributed by atoms with E-state index in [0.29, 0.717) is 44.7 Å². The van der Waals surface area contributed by atoms with Crippen molar-refractivity contribution in [2.45, 2.75) is 168 Å². The molecule has 0 aliphatic heterocycles. The molecule has 0 spiro atoms. The minimum Gasteiger partial charge on any atom is -0.462 e. The first kappa shape index (κ1) is 44.1. The third-order valence-electron chi connectivity index (χ3n) is 9.38. The first-order chi connectivity index (χ1) is 24.3. The van der Waals surface area contributed by atoms with Crippen molar-refractivity contribution in [3.8, 4) is 11.1 Å². The predicted molar refractivity (Wildman–Crippen MR) is 219 cm³/mol.